The Kier molecular flexibility index (Phi) is 4.44. The Morgan fingerprint density at radius 3 is 2.92 bits per heavy atom. The zero-order chi connectivity index (χ0) is 18.1. The minimum Gasteiger partial charge on any atom is -0.441 e. The van der Waals surface area contributed by atoms with Crippen LogP contribution in [0.3, 0.4) is 0 Å². The Bertz CT molecular complexity index is 816. The van der Waals surface area contributed by atoms with Gasteiger partial charge in [-0.2, -0.15) is 0 Å². The van der Waals surface area contributed by atoms with E-state index in [0.29, 0.717) is 12.4 Å². The van der Waals surface area contributed by atoms with E-state index in [1.54, 1.807) is 0 Å². The minimum atomic E-state index is -0.322. The fourth-order valence-corrected chi connectivity index (χ4v) is 3.85. The maximum absolute atomic E-state index is 11.4. The number of carbonyl (C=O) groups is 1. The Labute approximate surface area is 153 Å². The van der Waals surface area contributed by atoms with Crippen LogP contribution in [0.4, 0.5) is 4.79 Å². The molecule has 2 aliphatic rings. The van der Waals surface area contributed by atoms with Gasteiger partial charge >= 0.3 is 6.09 Å². The second-order valence-electron chi connectivity index (χ2n) is 7.45. The number of aryl methyl sites for hydroxylation is 2. The predicted molar refractivity (Wildman–Crippen MR) is 97.8 cm³/mol. The number of nitrogens with one attached hydrogen (secondary N) is 1. The molecule has 0 unspecified atom stereocenters. The first-order valence-corrected chi connectivity index (χ1v) is 9.26. The molecular weight excluding hydrogens is 330 g/mol. The third-order valence-electron chi connectivity index (χ3n) is 5.39. The van der Waals surface area contributed by atoms with E-state index in [2.05, 4.69) is 29.3 Å². The molecule has 26 heavy (non-hydrogen) atoms. The number of hydrogen-bond acceptors (Lipinski definition) is 5. The molecule has 138 valence electrons. The van der Waals surface area contributed by atoms with Gasteiger partial charge in [-0.05, 0) is 45.4 Å². The lowest BCUT2D eigenvalue weighted by molar-refractivity contribution is 0.0442. The highest BCUT2D eigenvalue weighted by Crippen LogP contribution is 2.30. The Morgan fingerprint density at radius 1 is 1.27 bits per heavy atom. The third-order valence-corrected chi connectivity index (χ3v) is 5.39. The van der Waals surface area contributed by atoms with Crippen molar-refractivity contribution in [1.29, 1.82) is 0 Å². The normalized spacial score (nSPS) is 23.7. The highest BCUT2D eigenvalue weighted by Gasteiger charge is 2.41. The molecule has 1 amide bonds. The van der Waals surface area contributed by atoms with Crippen molar-refractivity contribution < 1.29 is 13.9 Å². The van der Waals surface area contributed by atoms with Crippen LogP contribution in [0.5, 0.6) is 0 Å². The van der Waals surface area contributed by atoms with Crippen LogP contribution in [0.25, 0.3) is 11.5 Å². The van der Waals surface area contributed by atoms with E-state index in [0.717, 1.165) is 55.9 Å². The molecule has 1 spiro atoms. The van der Waals surface area contributed by atoms with Gasteiger partial charge in [-0.25, -0.2) is 9.78 Å². The molecule has 6 nitrogen and oxygen atoms in total. The van der Waals surface area contributed by atoms with Gasteiger partial charge in [0.05, 0.1) is 12.2 Å². The lowest BCUT2D eigenvalue weighted by Gasteiger charge is -2.24. The number of nitrogens with zero attached hydrogens (tertiary/aromatic N) is 2. The highest BCUT2D eigenvalue weighted by molar-refractivity contribution is 5.70. The van der Waals surface area contributed by atoms with Crippen LogP contribution in [0.1, 0.15) is 36.3 Å². The smallest absolute Gasteiger partial charge is 0.407 e. The summed E-state index contributed by atoms with van der Waals surface area (Å²) in [4.78, 5) is 18.6. The van der Waals surface area contributed by atoms with Gasteiger partial charge in [-0.15, -0.1) is 0 Å². The van der Waals surface area contributed by atoms with Crippen LogP contribution in [0.15, 0.2) is 28.7 Å². The first kappa shape index (κ1) is 17.1. The Balaban J connectivity index is 1.45. The quantitative estimate of drug-likeness (QED) is 0.914. The largest absolute Gasteiger partial charge is 0.441 e. The number of amides is 1. The molecule has 6 heteroatoms. The highest BCUT2D eigenvalue weighted by atomic mass is 16.6. The number of carbonyl (C=O) groups excluding carboxylic acids is 1. The molecular formula is C20H25N3O3. The summed E-state index contributed by atoms with van der Waals surface area (Å²) in [5, 5.41) is 2.80. The van der Waals surface area contributed by atoms with Gasteiger partial charge in [0.2, 0.25) is 5.89 Å². The zero-order valence-electron chi connectivity index (χ0n) is 15.4. The van der Waals surface area contributed by atoms with Crippen molar-refractivity contribution in [1.82, 2.24) is 15.2 Å². The molecule has 0 radical (unpaired) electrons. The molecule has 3 heterocycles. The summed E-state index contributed by atoms with van der Waals surface area (Å²) in [6, 6.07) is 8.21. The monoisotopic (exact) mass is 355 g/mol. The fourth-order valence-electron chi connectivity index (χ4n) is 3.85. The second-order valence-corrected chi connectivity index (χ2v) is 7.45. The number of benzene rings is 1. The van der Waals surface area contributed by atoms with E-state index in [1.807, 2.05) is 19.1 Å². The van der Waals surface area contributed by atoms with E-state index in [4.69, 9.17) is 14.1 Å². The summed E-state index contributed by atoms with van der Waals surface area (Å²) in [7, 11) is 0. The topological polar surface area (TPSA) is 67.6 Å². The molecule has 4 rings (SSSR count). The molecule has 1 N–H and O–H groups in total. The summed E-state index contributed by atoms with van der Waals surface area (Å²) in [5.41, 5.74) is 2.87. The van der Waals surface area contributed by atoms with Crippen LogP contribution in [-0.4, -0.2) is 41.2 Å². The van der Waals surface area contributed by atoms with E-state index in [-0.39, 0.29) is 11.7 Å². The van der Waals surface area contributed by atoms with E-state index in [9.17, 15) is 4.79 Å². The summed E-state index contributed by atoms with van der Waals surface area (Å²) in [5.74, 6) is 1.55. The summed E-state index contributed by atoms with van der Waals surface area (Å²) < 4.78 is 11.5. The number of rotatable bonds is 3. The van der Waals surface area contributed by atoms with Gasteiger partial charge in [-0.3, -0.25) is 4.90 Å². The van der Waals surface area contributed by atoms with Crippen LogP contribution in [0.2, 0.25) is 0 Å². The van der Waals surface area contributed by atoms with E-state index in [1.165, 1.54) is 5.56 Å². The molecule has 2 fully saturated rings. The Morgan fingerprint density at radius 2 is 2.15 bits per heavy atom. The van der Waals surface area contributed by atoms with Crippen molar-refractivity contribution in [3.8, 4) is 11.5 Å². The van der Waals surface area contributed by atoms with Gasteiger partial charge in [0.15, 0.2) is 0 Å². The van der Waals surface area contributed by atoms with Gasteiger partial charge in [-0.1, -0.05) is 17.7 Å². The minimum absolute atomic E-state index is 0.284. The summed E-state index contributed by atoms with van der Waals surface area (Å²) in [6.45, 7) is 7.30. The number of alkyl carbamates (subject to hydrolysis) is 1. The molecule has 1 atom stereocenters. The molecule has 2 aromatic rings. The van der Waals surface area contributed by atoms with Gasteiger partial charge < -0.3 is 14.5 Å². The van der Waals surface area contributed by atoms with Crippen molar-refractivity contribution in [2.45, 2.75) is 45.3 Å². The average Bonchev–Trinajstić information content (AvgIpc) is 3.09. The molecule has 0 bridgehead atoms. The average molecular weight is 355 g/mol. The molecule has 2 aliphatic heterocycles. The molecule has 0 saturated carbocycles. The van der Waals surface area contributed by atoms with Gasteiger partial charge in [0.25, 0.3) is 0 Å². The number of likely N-dealkylation sites (tertiary alicyclic amines) is 1. The predicted octanol–water partition coefficient (Wildman–Crippen LogP) is 3.42. The van der Waals surface area contributed by atoms with E-state index >= 15 is 0 Å². The fraction of sp³-hybridized carbons (Fsp3) is 0.500. The van der Waals surface area contributed by atoms with Crippen molar-refractivity contribution in [3.05, 3.63) is 41.3 Å². The molecule has 1 aromatic carbocycles. The van der Waals surface area contributed by atoms with Gasteiger partial charge in [0.1, 0.15) is 11.4 Å². The van der Waals surface area contributed by atoms with Crippen LogP contribution < -0.4 is 5.32 Å². The Hall–Kier alpha value is -2.34. The SMILES string of the molecule is Cc1cccc(-c2nc(CN3CCC[C@@]4(CC3)CNC(=O)O4)c(C)o2)c1. The maximum atomic E-state index is 11.4. The molecule has 1 aromatic heterocycles. The first-order chi connectivity index (χ1) is 12.5. The van der Waals surface area contributed by atoms with Crippen LogP contribution in [-0.2, 0) is 11.3 Å². The summed E-state index contributed by atoms with van der Waals surface area (Å²) in [6.07, 6.45) is 2.49. The zero-order valence-corrected chi connectivity index (χ0v) is 15.4. The maximum Gasteiger partial charge on any atom is 0.407 e. The standard InChI is InChI=1S/C20H25N3O3/c1-14-5-3-6-16(11-14)18-22-17(15(2)25-18)12-23-9-4-7-20(8-10-23)13-21-19(24)26-20/h3,5-6,11H,4,7-10,12-13H2,1-2H3,(H,21,24)/t20-/m1/s1. The first-order valence-electron chi connectivity index (χ1n) is 9.26. The number of oxazole rings is 1. The molecule has 0 aliphatic carbocycles. The van der Waals surface area contributed by atoms with Crippen molar-refractivity contribution >= 4 is 6.09 Å². The van der Waals surface area contributed by atoms with Gasteiger partial charge in [0, 0.05) is 25.1 Å². The van der Waals surface area contributed by atoms with Crippen LogP contribution in [0, 0.1) is 13.8 Å². The van der Waals surface area contributed by atoms with Crippen LogP contribution >= 0.6 is 0 Å². The second kappa shape index (κ2) is 6.76. The summed E-state index contributed by atoms with van der Waals surface area (Å²) >= 11 is 0. The van der Waals surface area contributed by atoms with Crippen molar-refractivity contribution in [2.24, 2.45) is 0 Å². The van der Waals surface area contributed by atoms with Crippen molar-refractivity contribution in [3.63, 3.8) is 0 Å². The molecule has 2 saturated heterocycles. The van der Waals surface area contributed by atoms with Crippen molar-refractivity contribution in [2.75, 3.05) is 19.6 Å². The lowest BCUT2D eigenvalue weighted by atomic mass is 9.95. The number of ether oxygens (including phenoxy) is 1. The lowest BCUT2D eigenvalue weighted by Crippen LogP contribution is -2.34. The number of aromatic nitrogens is 1. The third kappa shape index (κ3) is 3.46. The number of hydrogen-bond donors (Lipinski definition) is 1. The van der Waals surface area contributed by atoms with E-state index < -0.39 is 0 Å².